The highest BCUT2D eigenvalue weighted by atomic mass is 35.5. The molecule has 1 unspecified atom stereocenters. The van der Waals surface area contributed by atoms with Gasteiger partial charge in [0, 0.05) is 5.56 Å². The quantitative estimate of drug-likeness (QED) is 0.488. The highest BCUT2D eigenvalue weighted by Gasteiger charge is 2.10. The fourth-order valence-corrected chi connectivity index (χ4v) is 0.909. The highest BCUT2D eigenvalue weighted by Crippen LogP contribution is 2.06. The largest absolute Gasteiger partial charge is 0.293 e. The van der Waals surface area contributed by atoms with Gasteiger partial charge in [0.25, 0.3) is 0 Å². The molecule has 1 aromatic carbocycles. The van der Waals surface area contributed by atoms with Gasteiger partial charge in [-0.15, -0.1) is 11.6 Å². The van der Waals surface area contributed by atoms with E-state index in [0.717, 1.165) is 0 Å². The molecule has 0 spiro atoms. The van der Waals surface area contributed by atoms with Gasteiger partial charge in [-0.1, -0.05) is 30.3 Å². The van der Waals surface area contributed by atoms with Crippen molar-refractivity contribution < 1.29 is 4.79 Å². The minimum absolute atomic E-state index is 0.132. The molecule has 1 atom stereocenters. The summed E-state index contributed by atoms with van der Waals surface area (Å²) < 4.78 is 0. The molecule has 0 saturated carbocycles. The third kappa shape index (κ3) is 2.05. The summed E-state index contributed by atoms with van der Waals surface area (Å²) in [6.45, 7) is 3.43. The molecule has 1 nitrogen and oxygen atoms in total. The van der Waals surface area contributed by atoms with Gasteiger partial charge in [-0.25, -0.2) is 0 Å². The topological polar surface area (TPSA) is 17.1 Å². The second kappa shape index (κ2) is 3.54. The monoisotopic (exact) mass is 167 g/mol. The fraction of sp³-hybridized carbons (Fsp3) is 0.111. The van der Waals surface area contributed by atoms with Crippen LogP contribution >= 0.6 is 11.6 Å². The molecule has 1 rings (SSSR count). The SMILES string of the molecule is [CH2]C(Cl)C(=O)c1ccccc1. The van der Waals surface area contributed by atoms with E-state index in [-0.39, 0.29) is 5.78 Å². The van der Waals surface area contributed by atoms with Crippen LogP contribution in [-0.2, 0) is 0 Å². The zero-order valence-corrected chi connectivity index (χ0v) is 6.71. The van der Waals surface area contributed by atoms with Crippen molar-refractivity contribution in [2.75, 3.05) is 0 Å². The molecule has 0 aromatic heterocycles. The van der Waals surface area contributed by atoms with Gasteiger partial charge in [0.1, 0.15) is 0 Å². The van der Waals surface area contributed by atoms with E-state index in [1.807, 2.05) is 6.07 Å². The molecule has 1 radical (unpaired) electrons. The van der Waals surface area contributed by atoms with Crippen LogP contribution in [0.15, 0.2) is 30.3 Å². The fourth-order valence-electron chi connectivity index (χ4n) is 0.783. The lowest BCUT2D eigenvalue weighted by atomic mass is 10.1. The Morgan fingerprint density at radius 3 is 2.36 bits per heavy atom. The summed E-state index contributed by atoms with van der Waals surface area (Å²) in [5.41, 5.74) is 0.613. The van der Waals surface area contributed by atoms with E-state index in [2.05, 4.69) is 6.92 Å². The highest BCUT2D eigenvalue weighted by molar-refractivity contribution is 6.34. The molecule has 2 heteroatoms. The molecule has 0 N–H and O–H groups in total. The minimum atomic E-state index is -0.683. The molecule has 0 fully saturated rings. The Bertz CT molecular complexity index is 241. The van der Waals surface area contributed by atoms with Crippen LogP contribution in [0.1, 0.15) is 10.4 Å². The predicted octanol–water partition coefficient (Wildman–Crippen LogP) is 2.31. The standard InChI is InChI=1S/C9H8ClO/c1-7(10)9(11)8-5-3-2-4-6-8/h2-7H,1H2. The lowest BCUT2D eigenvalue weighted by Crippen LogP contribution is -2.10. The summed E-state index contributed by atoms with van der Waals surface area (Å²) in [4.78, 5) is 11.2. The maximum absolute atomic E-state index is 11.2. The number of carbonyl (C=O) groups is 1. The van der Waals surface area contributed by atoms with Crippen LogP contribution in [0.3, 0.4) is 0 Å². The van der Waals surface area contributed by atoms with E-state index < -0.39 is 5.38 Å². The molecule has 11 heavy (non-hydrogen) atoms. The summed E-state index contributed by atoms with van der Waals surface area (Å²) in [5, 5.41) is -0.683. The molecule has 0 aliphatic rings. The molecule has 0 amide bonds. The first-order valence-electron chi connectivity index (χ1n) is 3.28. The number of Topliss-reactive ketones (excluding diaryl/α,β-unsaturated/α-hetero) is 1. The van der Waals surface area contributed by atoms with Crippen LogP contribution in [0.25, 0.3) is 0 Å². The van der Waals surface area contributed by atoms with Crippen LogP contribution in [0, 0.1) is 6.92 Å². The van der Waals surface area contributed by atoms with Gasteiger partial charge in [0.2, 0.25) is 0 Å². The molecule has 1 aromatic rings. The number of rotatable bonds is 2. The second-order valence-corrected chi connectivity index (χ2v) is 2.72. The average molecular weight is 168 g/mol. The van der Waals surface area contributed by atoms with Crippen LogP contribution in [0.4, 0.5) is 0 Å². The van der Waals surface area contributed by atoms with Crippen molar-refractivity contribution in [3.63, 3.8) is 0 Å². The number of benzene rings is 1. The molecule has 0 aliphatic carbocycles. The summed E-state index contributed by atoms with van der Waals surface area (Å²) in [6, 6.07) is 8.90. The Morgan fingerprint density at radius 1 is 1.36 bits per heavy atom. The number of alkyl halides is 1. The second-order valence-electron chi connectivity index (χ2n) is 2.20. The first-order valence-corrected chi connectivity index (χ1v) is 3.72. The molecule has 0 bridgehead atoms. The molecule has 0 heterocycles. The van der Waals surface area contributed by atoms with Crippen molar-refractivity contribution in [3.05, 3.63) is 42.8 Å². The number of halogens is 1. The Kier molecular flexibility index (Phi) is 2.66. The Labute approximate surface area is 71.0 Å². The van der Waals surface area contributed by atoms with Gasteiger partial charge < -0.3 is 0 Å². The molecule has 0 aliphatic heterocycles. The van der Waals surface area contributed by atoms with Crippen LogP contribution in [0.5, 0.6) is 0 Å². The summed E-state index contributed by atoms with van der Waals surface area (Å²) in [6.07, 6.45) is 0. The number of hydrogen-bond donors (Lipinski definition) is 0. The van der Waals surface area contributed by atoms with E-state index in [4.69, 9.17) is 11.6 Å². The number of hydrogen-bond acceptors (Lipinski definition) is 1. The summed E-state index contributed by atoms with van der Waals surface area (Å²) in [7, 11) is 0. The van der Waals surface area contributed by atoms with Gasteiger partial charge in [0.15, 0.2) is 5.78 Å². The summed E-state index contributed by atoms with van der Waals surface area (Å²) >= 11 is 5.50. The van der Waals surface area contributed by atoms with Crippen molar-refractivity contribution in [1.82, 2.24) is 0 Å². The van der Waals surface area contributed by atoms with Crippen molar-refractivity contribution >= 4 is 17.4 Å². The third-order valence-electron chi connectivity index (χ3n) is 1.34. The van der Waals surface area contributed by atoms with Gasteiger partial charge in [-0.05, 0) is 6.92 Å². The summed E-state index contributed by atoms with van der Waals surface area (Å²) in [5.74, 6) is -0.132. The first-order chi connectivity index (χ1) is 5.22. The lowest BCUT2D eigenvalue weighted by molar-refractivity contribution is 0.0998. The normalized spacial score (nSPS) is 12.5. The third-order valence-corrected chi connectivity index (χ3v) is 1.54. The Morgan fingerprint density at radius 2 is 1.91 bits per heavy atom. The molecule has 57 valence electrons. The number of carbonyl (C=O) groups excluding carboxylic acids is 1. The number of ketones is 1. The van der Waals surface area contributed by atoms with Gasteiger partial charge in [-0.2, -0.15) is 0 Å². The van der Waals surface area contributed by atoms with Crippen molar-refractivity contribution in [2.24, 2.45) is 0 Å². The molecule has 0 saturated heterocycles. The van der Waals surface area contributed by atoms with E-state index in [9.17, 15) is 4.79 Å². The Balaban J connectivity index is 2.86. The Hall–Kier alpha value is -0.820. The van der Waals surface area contributed by atoms with Gasteiger partial charge in [0.05, 0.1) is 5.38 Å². The van der Waals surface area contributed by atoms with E-state index in [1.165, 1.54) is 0 Å². The van der Waals surface area contributed by atoms with Crippen molar-refractivity contribution in [1.29, 1.82) is 0 Å². The van der Waals surface area contributed by atoms with E-state index in [0.29, 0.717) is 5.56 Å². The maximum Gasteiger partial charge on any atom is 0.180 e. The zero-order chi connectivity index (χ0) is 8.27. The van der Waals surface area contributed by atoms with Crippen LogP contribution in [0.2, 0.25) is 0 Å². The molecular formula is C9H8ClO. The zero-order valence-electron chi connectivity index (χ0n) is 5.96. The van der Waals surface area contributed by atoms with Gasteiger partial charge >= 0.3 is 0 Å². The van der Waals surface area contributed by atoms with E-state index >= 15 is 0 Å². The van der Waals surface area contributed by atoms with Crippen LogP contribution in [-0.4, -0.2) is 11.2 Å². The predicted molar refractivity (Wildman–Crippen MR) is 45.8 cm³/mol. The minimum Gasteiger partial charge on any atom is -0.293 e. The van der Waals surface area contributed by atoms with Crippen molar-refractivity contribution in [2.45, 2.75) is 5.38 Å². The maximum atomic E-state index is 11.2. The van der Waals surface area contributed by atoms with Gasteiger partial charge in [-0.3, -0.25) is 4.79 Å². The van der Waals surface area contributed by atoms with E-state index in [1.54, 1.807) is 24.3 Å². The molecular weight excluding hydrogens is 160 g/mol. The van der Waals surface area contributed by atoms with Crippen LogP contribution < -0.4 is 0 Å². The first kappa shape index (κ1) is 8.28. The average Bonchev–Trinajstić information content (AvgIpc) is 2.05. The lowest BCUT2D eigenvalue weighted by Gasteiger charge is -2.00. The van der Waals surface area contributed by atoms with Crippen molar-refractivity contribution in [3.8, 4) is 0 Å². The smallest absolute Gasteiger partial charge is 0.180 e.